The third kappa shape index (κ3) is 3.06. The summed E-state index contributed by atoms with van der Waals surface area (Å²) in [5.41, 5.74) is 18.8. The zero-order chi connectivity index (χ0) is 19.7. The lowest BCUT2D eigenvalue weighted by atomic mass is 9.95. The number of aryl methyl sites for hydroxylation is 2. The van der Waals surface area contributed by atoms with Crippen LogP contribution < -0.4 is 21.9 Å². The van der Waals surface area contributed by atoms with Gasteiger partial charge in [0.1, 0.15) is 0 Å². The maximum Gasteiger partial charge on any atom is 0.0656 e. The highest BCUT2D eigenvalue weighted by Gasteiger charge is 2.20. The number of aromatic nitrogens is 2. The Morgan fingerprint density at radius 1 is 1.00 bits per heavy atom. The number of nitrogens with zero attached hydrogens (tertiary/aromatic N) is 2. The van der Waals surface area contributed by atoms with Gasteiger partial charge in [0.2, 0.25) is 0 Å². The van der Waals surface area contributed by atoms with Gasteiger partial charge in [-0.2, -0.15) is 0 Å². The fourth-order valence-corrected chi connectivity index (χ4v) is 4.50. The molecule has 0 radical (unpaired) electrons. The quantitative estimate of drug-likeness (QED) is 0.681. The highest BCUT2D eigenvalue weighted by atomic mass is 32.2. The van der Waals surface area contributed by atoms with E-state index in [0.29, 0.717) is 11.4 Å². The summed E-state index contributed by atoms with van der Waals surface area (Å²) in [7, 11) is 4.08. The van der Waals surface area contributed by atoms with Gasteiger partial charge in [0.25, 0.3) is 0 Å². The van der Waals surface area contributed by atoms with E-state index < -0.39 is 0 Å². The van der Waals surface area contributed by atoms with Gasteiger partial charge in [-0.15, -0.1) is 11.8 Å². The van der Waals surface area contributed by atoms with Gasteiger partial charge in [-0.1, -0.05) is 13.0 Å². The van der Waals surface area contributed by atoms with Gasteiger partial charge in [-0.3, -0.25) is 0 Å². The maximum atomic E-state index is 6.69. The van der Waals surface area contributed by atoms with E-state index >= 15 is 0 Å². The number of hydrogen-bond donors (Lipinski definition) is 2. The summed E-state index contributed by atoms with van der Waals surface area (Å²) in [5, 5.41) is 2.34. The van der Waals surface area contributed by atoms with E-state index in [-0.39, 0.29) is 0 Å². The molecule has 0 saturated heterocycles. The van der Waals surface area contributed by atoms with Crippen LogP contribution >= 0.6 is 11.8 Å². The molecule has 27 heavy (non-hydrogen) atoms. The van der Waals surface area contributed by atoms with E-state index in [4.69, 9.17) is 11.5 Å². The third-order valence-corrected chi connectivity index (χ3v) is 6.14. The molecule has 0 fully saturated rings. The zero-order valence-electron chi connectivity index (χ0n) is 16.7. The Kier molecular flexibility index (Phi) is 5.42. The van der Waals surface area contributed by atoms with Crippen LogP contribution in [0.15, 0.2) is 36.7 Å². The first-order chi connectivity index (χ1) is 13.0. The predicted molar refractivity (Wildman–Crippen MR) is 121 cm³/mol. The molecule has 0 unspecified atom stereocenters. The molecule has 5 heteroatoms. The van der Waals surface area contributed by atoms with Gasteiger partial charge in [0, 0.05) is 42.8 Å². The second kappa shape index (κ2) is 7.61. The van der Waals surface area contributed by atoms with Crippen LogP contribution in [0.25, 0.3) is 33.5 Å². The Morgan fingerprint density at radius 2 is 1.52 bits per heavy atom. The Hall–Kier alpha value is -2.53. The van der Waals surface area contributed by atoms with Crippen molar-refractivity contribution in [2.45, 2.75) is 20.3 Å². The fraction of sp³-hybridized carbons (Fsp3) is 0.273. The molecule has 4 N–H and O–H groups in total. The van der Waals surface area contributed by atoms with Gasteiger partial charge >= 0.3 is 0 Å². The van der Waals surface area contributed by atoms with Crippen molar-refractivity contribution in [2.75, 3.05) is 17.7 Å². The first-order valence-corrected chi connectivity index (χ1v) is 10.4. The Labute approximate surface area is 165 Å². The Balaban J connectivity index is 2.64. The second-order valence-electron chi connectivity index (χ2n) is 6.64. The molecule has 0 aliphatic heterocycles. The average molecular weight is 381 g/mol. The Bertz CT molecular complexity index is 1100. The molecule has 0 amide bonds. The minimum Gasteiger partial charge on any atom is -0.396 e. The smallest absolute Gasteiger partial charge is 0.0656 e. The van der Waals surface area contributed by atoms with E-state index in [0.717, 1.165) is 34.2 Å². The first kappa shape index (κ1) is 19.2. The first-order valence-electron chi connectivity index (χ1n) is 9.14. The number of benzene rings is 1. The van der Waals surface area contributed by atoms with E-state index in [1.54, 1.807) is 11.8 Å². The van der Waals surface area contributed by atoms with Crippen LogP contribution in [0.2, 0.25) is 0 Å². The van der Waals surface area contributed by atoms with Crippen molar-refractivity contribution in [1.29, 1.82) is 0 Å². The van der Waals surface area contributed by atoms with Crippen LogP contribution in [0.5, 0.6) is 0 Å². The summed E-state index contributed by atoms with van der Waals surface area (Å²) < 4.78 is 4.19. The van der Waals surface area contributed by atoms with E-state index in [2.05, 4.69) is 47.4 Å². The second-order valence-corrected chi connectivity index (χ2v) is 7.55. The van der Waals surface area contributed by atoms with Gasteiger partial charge in [0.15, 0.2) is 0 Å². The molecule has 0 aliphatic carbocycles. The lowest BCUT2D eigenvalue weighted by molar-refractivity contribution is 0.933. The monoisotopic (exact) mass is 380 g/mol. The minimum absolute atomic E-state index is 0.640. The van der Waals surface area contributed by atoms with Crippen molar-refractivity contribution in [3.63, 3.8) is 0 Å². The number of nitrogens with two attached hydrogens (primary N) is 2. The summed E-state index contributed by atoms with van der Waals surface area (Å²) in [5.74, 6) is 0. The minimum atomic E-state index is 0.640. The molecule has 142 valence electrons. The van der Waals surface area contributed by atoms with E-state index in [1.165, 1.54) is 10.1 Å². The summed E-state index contributed by atoms with van der Waals surface area (Å²) in [4.78, 5) is 1.31. The number of rotatable bonds is 4. The normalized spacial score (nSPS) is 13.3. The predicted octanol–water partition coefficient (Wildman–Crippen LogP) is 3.54. The summed E-state index contributed by atoms with van der Waals surface area (Å²) >= 11 is 1.78. The van der Waals surface area contributed by atoms with Crippen molar-refractivity contribution in [3.8, 4) is 22.5 Å². The zero-order valence-corrected chi connectivity index (χ0v) is 17.5. The largest absolute Gasteiger partial charge is 0.396 e. The fourth-order valence-electron chi connectivity index (χ4n) is 3.79. The van der Waals surface area contributed by atoms with Crippen LogP contribution in [-0.4, -0.2) is 15.4 Å². The molecule has 0 atom stereocenters. The highest BCUT2D eigenvalue weighted by Crippen LogP contribution is 2.34. The van der Waals surface area contributed by atoms with Crippen LogP contribution in [0.3, 0.4) is 0 Å². The van der Waals surface area contributed by atoms with Gasteiger partial charge in [0.05, 0.1) is 22.8 Å². The van der Waals surface area contributed by atoms with Gasteiger partial charge in [-0.05, 0) is 54.0 Å². The highest BCUT2D eigenvalue weighted by molar-refractivity contribution is 8.07. The van der Waals surface area contributed by atoms with Crippen LogP contribution in [0.4, 0.5) is 11.4 Å². The molecular weight excluding hydrogens is 352 g/mol. The molecule has 0 spiro atoms. The average Bonchev–Trinajstić information content (AvgIpc) is 3.27. The molecule has 3 rings (SSSR count). The van der Waals surface area contributed by atoms with Gasteiger partial charge < -0.3 is 20.6 Å². The molecule has 0 saturated carbocycles. The molecule has 2 aromatic heterocycles. The van der Waals surface area contributed by atoms with Crippen LogP contribution in [-0.2, 0) is 14.1 Å². The lowest BCUT2D eigenvalue weighted by Crippen LogP contribution is -2.33. The molecule has 0 aliphatic rings. The third-order valence-electron chi connectivity index (χ3n) is 5.15. The number of hydrogen-bond acceptors (Lipinski definition) is 3. The SMILES string of the molecule is C/C=c1/c(-c2cccn2C)c(N)c(N)c(-c2cccn2C)/c1=C(\CC)SC. The summed E-state index contributed by atoms with van der Waals surface area (Å²) in [6, 6.07) is 8.27. The molecule has 4 nitrogen and oxygen atoms in total. The van der Waals surface area contributed by atoms with Crippen molar-refractivity contribution < 1.29 is 0 Å². The van der Waals surface area contributed by atoms with Crippen molar-refractivity contribution >= 4 is 34.1 Å². The van der Waals surface area contributed by atoms with Crippen molar-refractivity contribution in [2.24, 2.45) is 14.1 Å². The maximum absolute atomic E-state index is 6.69. The van der Waals surface area contributed by atoms with Crippen molar-refractivity contribution in [3.05, 3.63) is 47.1 Å². The van der Waals surface area contributed by atoms with Crippen LogP contribution in [0.1, 0.15) is 20.3 Å². The molecular formula is C22H28N4S. The molecule has 0 bridgehead atoms. The topological polar surface area (TPSA) is 61.9 Å². The van der Waals surface area contributed by atoms with E-state index in [1.807, 2.05) is 38.6 Å². The Morgan fingerprint density at radius 3 is 1.93 bits per heavy atom. The molecule has 3 aromatic rings. The number of nitrogen functional groups attached to an aromatic ring is 2. The standard InChI is InChI=1S/C22H28N4S/c1-6-14-18(15-10-8-12-25(15)3)21(23)22(24)20(16-11-9-13-26(16)4)19(14)17(7-2)27-5/h6,8-13H,7,23-24H2,1-5H3/b14-6-,19-17+. The summed E-state index contributed by atoms with van der Waals surface area (Å²) in [6.45, 7) is 4.26. The number of thioether (sulfide) groups is 1. The number of anilines is 2. The van der Waals surface area contributed by atoms with Crippen molar-refractivity contribution in [1.82, 2.24) is 9.13 Å². The lowest BCUT2D eigenvalue weighted by Gasteiger charge is -2.19. The molecule has 2 heterocycles. The van der Waals surface area contributed by atoms with E-state index in [9.17, 15) is 0 Å². The summed E-state index contributed by atoms with van der Waals surface area (Å²) in [6.07, 6.45) is 9.30. The van der Waals surface area contributed by atoms with Crippen LogP contribution in [0, 0.1) is 0 Å². The molecule has 1 aromatic carbocycles. The van der Waals surface area contributed by atoms with Gasteiger partial charge in [-0.25, -0.2) is 0 Å².